The highest BCUT2D eigenvalue weighted by Crippen LogP contribution is 2.32. The molecule has 2 N–H and O–H groups in total. The molecule has 0 unspecified atom stereocenters. The Balaban J connectivity index is 1.95. The van der Waals surface area contributed by atoms with E-state index in [-0.39, 0.29) is 17.0 Å². The highest BCUT2D eigenvalue weighted by Gasteiger charge is 2.28. The molecule has 0 heterocycles. The van der Waals surface area contributed by atoms with E-state index in [0.29, 0.717) is 17.2 Å². The van der Waals surface area contributed by atoms with Gasteiger partial charge in [0, 0.05) is 6.07 Å². The lowest BCUT2D eigenvalue weighted by Crippen LogP contribution is -2.19. The molecule has 1 amide bonds. The summed E-state index contributed by atoms with van der Waals surface area (Å²) < 4.78 is 43.6. The number of methoxy groups -OCH3 is 3. The first-order valence-corrected chi connectivity index (χ1v) is 11.2. The molecule has 34 heavy (non-hydrogen) atoms. The van der Waals surface area contributed by atoms with E-state index in [0.717, 1.165) is 12.1 Å². The summed E-state index contributed by atoms with van der Waals surface area (Å²) >= 11 is 0. The van der Waals surface area contributed by atoms with Gasteiger partial charge in [0.15, 0.2) is 4.90 Å². The molecule has 0 saturated heterocycles. The number of anilines is 2. The molecule has 11 nitrogen and oxygen atoms in total. The summed E-state index contributed by atoms with van der Waals surface area (Å²) in [6.45, 7) is 0. The molecule has 3 rings (SSSR count). The Hall–Kier alpha value is -4.32. The second-order valence-electron chi connectivity index (χ2n) is 6.76. The van der Waals surface area contributed by atoms with E-state index in [1.807, 2.05) is 0 Å². The van der Waals surface area contributed by atoms with Crippen molar-refractivity contribution in [1.82, 2.24) is 0 Å². The van der Waals surface area contributed by atoms with Crippen LogP contribution in [0.2, 0.25) is 0 Å². The summed E-state index contributed by atoms with van der Waals surface area (Å²) in [4.78, 5) is 23.0. The van der Waals surface area contributed by atoms with Crippen molar-refractivity contribution in [2.24, 2.45) is 0 Å². The van der Waals surface area contributed by atoms with Crippen LogP contribution in [0.1, 0.15) is 10.4 Å². The number of hydrogen-bond donors (Lipinski definition) is 2. The summed E-state index contributed by atoms with van der Waals surface area (Å²) in [5.41, 5.74) is -0.425. The quantitative estimate of drug-likeness (QED) is 0.343. The number of para-hydroxylation sites is 1. The van der Waals surface area contributed by atoms with Crippen molar-refractivity contribution >= 4 is 33.0 Å². The average Bonchev–Trinajstić information content (AvgIpc) is 2.83. The lowest BCUT2D eigenvalue weighted by atomic mass is 10.1. The molecular weight excluding hydrogens is 466 g/mol. The van der Waals surface area contributed by atoms with Crippen LogP contribution in [0, 0.1) is 10.1 Å². The fraction of sp³-hybridized carbons (Fsp3) is 0.136. The molecule has 3 aromatic carbocycles. The fourth-order valence-corrected chi connectivity index (χ4v) is 4.29. The average molecular weight is 487 g/mol. The molecule has 0 aliphatic carbocycles. The van der Waals surface area contributed by atoms with Crippen LogP contribution in [0.15, 0.2) is 65.6 Å². The van der Waals surface area contributed by atoms with Gasteiger partial charge in [0.2, 0.25) is 0 Å². The molecule has 0 aromatic heterocycles. The lowest BCUT2D eigenvalue weighted by Gasteiger charge is -2.15. The van der Waals surface area contributed by atoms with Gasteiger partial charge in [-0.15, -0.1) is 0 Å². The van der Waals surface area contributed by atoms with E-state index < -0.39 is 31.4 Å². The molecule has 0 radical (unpaired) electrons. The predicted molar refractivity (Wildman–Crippen MR) is 124 cm³/mol. The van der Waals surface area contributed by atoms with E-state index in [4.69, 9.17) is 14.2 Å². The number of nitro benzene ring substituents is 1. The van der Waals surface area contributed by atoms with Gasteiger partial charge in [0.1, 0.15) is 17.2 Å². The van der Waals surface area contributed by atoms with Gasteiger partial charge in [-0.25, -0.2) is 8.42 Å². The zero-order chi connectivity index (χ0) is 24.9. The van der Waals surface area contributed by atoms with Crippen molar-refractivity contribution in [3.8, 4) is 17.2 Å². The molecule has 0 atom stereocenters. The summed E-state index contributed by atoms with van der Waals surface area (Å²) in [6.07, 6.45) is 0. The Morgan fingerprint density at radius 2 is 1.53 bits per heavy atom. The van der Waals surface area contributed by atoms with Gasteiger partial charge >= 0.3 is 0 Å². The Kier molecular flexibility index (Phi) is 7.21. The maximum absolute atomic E-state index is 13.0. The van der Waals surface area contributed by atoms with Crippen LogP contribution in [0.4, 0.5) is 17.1 Å². The lowest BCUT2D eigenvalue weighted by molar-refractivity contribution is -0.387. The molecule has 0 aliphatic heterocycles. The molecule has 0 spiro atoms. The van der Waals surface area contributed by atoms with Crippen molar-refractivity contribution in [3.05, 3.63) is 76.3 Å². The van der Waals surface area contributed by atoms with Crippen molar-refractivity contribution in [2.75, 3.05) is 31.4 Å². The van der Waals surface area contributed by atoms with E-state index in [1.165, 1.54) is 45.6 Å². The highest BCUT2D eigenvalue weighted by atomic mass is 32.2. The maximum atomic E-state index is 13.0. The van der Waals surface area contributed by atoms with Crippen molar-refractivity contribution < 1.29 is 32.3 Å². The van der Waals surface area contributed by atoms with Gasteiger partial charge in [-0.05, 0) is 36.4 Å². The van der Waals surface area contributed by atoms with Crippen molar-refractivity contribution in [1.29, 1.82) is 0 Å². The Labute approximate surface area is 195 Å². The monoisotopic (exact) mass is 487 g/mol. The minimum Gasteiger partial charge on any atom is -0.497 e. The van der Waals surface area contributed by atoms with E-state index in [2.05, 4.69) is 10.0 Å². The van der Waals surface area contributed by atoms with E-state index in [9.17, 15) is 23.3 Å². The molecule has 178 valence electrons. The first kappa shape index (κ1) is 24.3. The Bertz CT molecular complexity index is 1340. The number of benzene rings is 3. The van der Waals surface area contributed by atoms with Gasteiger partial charge < -0.3 is 19.5 Å². The van der Waals surface area contributed by atoms with Crippen molar-refractivity contribution in [3.63, 3.8) is 0 Å². The molecule has 3 aromatic rings. The number of amides is 1. The van der Waals surface area contributed by atoms with Gasteiger partial charge in [-0.2, -0.15) is 0 Å². The number of hydrogen-bond acceptors (Lipinski definition) is 8. The number of nitrogens with one attached hydrogen (secondary N) is 2. The van der Waals surface area contributed by atoms with Crippen LogP contribution in [0.5, 0.6) is 17.2 Å². The molecule has 0 saturated carbocycles. The second kappa shape index (κ2) is 10.1. The first-order chi connectivity index (χ1) is 16.2. The normalized spacial score (nSPS) is 10.8. The summed E-state index contributed by atoms with van der Waals surface area (Å²) in [6, 6.07) is 14.0. The molecule has 12 heteroatoms. The highest BCUT2D eigenvalue weighted by molar-refractivity contribution is 7.92. The second-order valence-corrected chi connectivity index (χ2v) is 8.41. The van der Waals surface area contributed by atoms with E-state index >= 15 is 0 Å². The zero-order valence-corrected chi connectivity index (χ0v) is 19.2. The SMILES string of the molecule is COc1ccc(NC(=O)c2ccccc2NS(=O)(=O)c2ccc(OC)cc2[N+](=O)[O-])c(OC)c1. The largest absolute Gasteiger partial charge is 0.497 e. The van der Waals surface area contributed by atoms with Crippen LogP contribution in [-0.4, -0.2) is 40.6 Å². The molecule has 0 bridgehead atoms. The number of sulfonamides is 1. The third-order valence-corrected chi connectivity index (χ3v) is 6.14. The van der Waals surface area contributed by atoms with E-state index in [1.54, 1.807) is 24.3 Å². The minimum atomic E-state index is -4.43. The smallest absolute Gasteiger partial charge is 0.293 e. The number of carbonyl (C=O) groups is 1. The Morgan fingerprint density at radius 3 is 2.18 bits per heavy atom. The zero-order valence-electron chi connectivity index (χ0n) is 18.4. The number of nitrogens with zero attached hydrogens (tertiary/aromatic N) is 1. The minimum absolute atomic E-state index is 0.0138. The molecule has 0 aliphatic rings. The maximum Gasteiger partial charge on any atom is 0.293 e. The Morgan fingerprint density at radius 1 is 0.882 bits per heavy atom. The summed E-state index contributed by atoms with van der Waals surface area (Å²) in [5, 5.41) is 14.1. The summed E-state index contributed by atoms with van der Waals surface area (Å²) in [7, 11) is -0.216. The van der Waals surface area contributed by atoms with Crippen LogP contribution in [0.3, 0.4) is 0 Å². The van der Waals surface area contributed by atoms with Gasteiger partial charge in [-0.3, -0.25) is 19.6 Å². The predicted octanol–water partition coefficient (Wildman–Crippen LogP) is 3.67. The van der Waals surface area contributed by atoms with Crippen LogP contribution in [0.25, 0.3) is 0 Å². The number of nitro groups is 1. The van der Waals surface area contributed by atoms with Crippen LogP contribution >= 0.6 is 0 Å². The van der Waals surface area contributed by atoms with Gasteiger partial charge in [0.05, 0.1) is 49.3 Å². The molecule has 0 fully saturated rings. The van der Waals surface area contributed by atoms with Gasteiger partial charge in [-0.1, -0.05) is 12.1 Å². The first-order valence-electron chi connectivity index (χ1n) is 9.67. The topological polar surface area (TPSA) is 146 Å². The van der Waals surface area contributed by atoms with Crippen LogP contribution < -0.4 is 24.2 Å². The molecular formula is C22H21N3O8S. The van der Waals surface area contributed by atoms with Crippen LogP contribution in [-0.2, 0) is 10.0 Å². The number of carbonyl (C=O) groups excluding carboxylic acids is 1. The number of rotatable bonds is 9. The summed E-state index contributed by atoms with van der Waals surface area (Å²) in [5.74, 6) is 0.341. The number of ether oxygens (including phenoxy) is 3. The van der Waals surface area contributed by atoms with Crippen molar-refractivity contribution in [2.45, 2.75) is 4.90 Å². The van der Waals surface area contributed by atoms with Gasteiger partial charge in [0.25, 0.3) is 21.6 Å². The standard InChI is InChI=1S/C22H21N3O8S/c1-31-14-9-11-21(19(12-14)25(27)28)34(29,30)24-17-7-5-4-6-16(17)22(26)23-18-10-8-15(32-2)13-20(18)33-3/h4-13,24H,1-3H3,(H,23,26). The third-order valence-electron chi connectivity index (χ3n) is 4.73. The fourth-order valence-electron chi connectivity index (χ4n) is 3.06. The third kappa shape index (κ3) is 5.18.